The van der Waals surface area contributed by atoms with Gasteiger partial charge in [0.25, 0.3) is 0 Å². The molecule has 0 radical (unpaired) electrons. The highest BCUT2D eigenvalue weighted by Gasteiger charge is 2.35. The molecule has 0 aliphatic heterocycles. The monoisotopic (exact) mass is 376 g/mol. The number of hydrogen-bond acceptors (Lipinski definition) is 4. The van der Waals surface area contributed by atoms with Gasteiger partial charge in [-0.3, -0.25) is 0 Å². The van der Waals surface area contributed by atoms with E-state index in [9.17, 15) is 13.2 Å². The molecule has 3 rings (SSSR count). The van der Waals surface area contributed by atoms with Crippen molar-refractivity contribution in [3.63, 3.8) is 0 Å². The molecule has 0 saturated carbocycles. The van der Waals surface area contributed by atoms with Crippen LogP contribution in [0.15, 0.2) is 24.8 Å². The number of imidazole rings is 2. The maximum Gasteiger partial charge on any atom is 0.434 e. The molecular weight excluding hydrogens is 368 g/mol. The first-order chi connectivity index (χ1) is 11.3. The van der Waals surface area contributed by atoms with E-state index in [1.54, 1.807) is 7.05 Å². The van der Waals surface area contributed by atoms with Crippen molar-refractivity contribution in [1.82, 2.24) is 29.1 Å². The van der Waals surface area contributed by atoms with Gasteiger partial charge < -0.3 is 9.13 Å². The lowest BCUT2D eigenvalue weighted by molar-refractivity contribution is -0.140. The lowest BCUT2D eigenvalue weighted by Crippen LogP contribution is -2.06. The molecule has 0 spiro atoms. The minimum atomic E-state index is -4.58. The Labute approximate surface area is 143 Å². The van der Waals surface area contributed by atoms with Crippen LogP contribution in [0.5, 0.6) is 0 Å². The first-order valence-electron chi connectivity index (χ1n) is 6.54. The van der Waals surface area contributed by atoms with Crippen LogP contribution in [0.4, 0.5) is 13.2 Å². The van der Waals surface area contributed by atoms with Gasteiger partial charge >= 0.3 is 6.18 Å². The number of rotatable bonds is 3. The zero-order valence-electron chi connectivity index (χ0n) is 12.1. The van der Waals surface area contributed by atoms with Crippen molar-refractivity contribution in [3.05, 3.63) is 46.6 Å². The number of alkyl halides is 3. The molecular formula is C13H9Cl2F3N6. The second-order valence-corrected chi connectivity index (χ2v) is 5.64. The smallest absolute Gasteiger partial charge is 0.321 e. The fourth-order valence-corrected chi connectivity index (χ4v) is 2.28. The molecule has 6 nitrogen and oxygen atoms in total. The number of hydrogen-bond donors (Lipinski definition) is 0. The van der Waals surface area contributed by atoms with Crippen LogP contribution in [0.3, 0.4) is 0 Å². The van der Waals surface area contributed by atoms with Crippen LogP contribution in [0.25, 0.3) is 11.5 Å². The van der Waals surface area contributed by atoms with Crippen LogP contribution in [-0.4, -0.2) is 29.1 Å². The van der Waals surface area contributed by atoms with Crippen molar-refractivity contribution < 1.29 is 13.2 Å². The summed E-state index contributed by atoms with van der Waals surface area (Å²) in [7, 11) is 1.58. The lowest BCUT2D eigenvalue weighted by Gasteiger charge is -2.07. The molecule has 24 heavy (non-hydrogen) atoms. The quantitative estimate of drug-likeness (QED) is 0.702. The summed E-state index contributed by atoms with van der Waals surface area (Å²) in [6, 6.07) is 0. The van der Waals surface area contributed by atoms with Gasteiger partial charge in [0.15, 0.2) is 11.5 Å². The summed E-state index contributed by atoms with van der Waals surface area (Å²) in [4.78, 5) is 15.5. The average molecular weight is 377 g/mol. The van der Waals surface area contributed by atoms with Crippen LogP contribution in [0.1, 0.15) is 11.5 Å². The maximum absolute atomic E-state index is 13.0. The van der Waals surface area contributed by atoms with Crippen molar-refractivity contribution in [2.75, 3.05) is 0 Å². The Bertz CT molecular complexity index is 869. The Balaban J connectivity index is 2.08. The van der Waals surface area contributed by atoms with Gasteiger partial charge in [-0.25, -0.2) is 19.9 Å². The first kappa shape index (κ1) is 16.7. The summed E-state index contributed by atoms with van der Waals surface area (Å²) in [6.07, 6.45) is 0.402. The van der Waals surface area contributed by atoms with Gasteiger partial charge in [0.1, 0.15) is 11.5 Å². The van der Waals surface area contributed by atoms with E-state index in [4.69, 9.17) is 23.2 Å². The molecule has 11 heteroatoms. The third-order valence-electron chi connectivity index (χ3n) is 3.21. The summed E-state index contributed by atoms with van der Waals surface area (Å²) in [5.74, 6) is 0.350. The fourth-order valence-electron chi connectivity index (χ4n) is 2.05. The Kier molecular flexibility index (Phi) is 4.22. The summed E-state index contributed by atoms with van der Waals surface area (Å²) < 4.78 is 41.8. The molecule has 0 aliphatic rings. The number of halogens is 5. The highest BCUT2D eigenvalue weighted by molar-refractivity contribution is 6.30. The molecule has 3 aromatic heterocycles. The topological polar surface area (TPSA) is 61.4 Å². The lowest BCUT2D eigenvalue weighted by atomic mass is 10.4. The number of aromatic nitrogens is 6. The van der Waals surface area contributed by atoms with Gasteiger partial charge in [0.2, 0.25) is 5.28 Å². The average Bonchev–Trinajstić information content (AvgIpc) is 3.06. The van der Waals surface area contributed by atoms with Crippen molar-refractivity contribution >= 4 is 23.2 Å². The van der Waals surface area contributed by atoms with Crippen molar-refractivity contribution in [1.29, 1.82) is 0 Å². The zero-order valence-corrected chi connectivity index (χ0v) is 13.6. The second-order valence-electron chi connectivity index (χ2n) is 4.86. The minimum Gasteiger partial charge on any atom is -0.321 e. The summed E-state index contributed by atoms with van der Waals surface area (Å²) in [5, 5.41) is 0.467. The largest absolute Gasteiger partial charge is 0.434 e. The van der Waals surface area contributed by atoms with Crippen LogP contribution in [0, 0.1) is 0 Å². The molecule has 126 valence electrons. The molecule has 0 unspecified atom stereocenters. The van der Waals surface area contributed by atoms with Gasteiger partial charge in [-0.15, -0.1) is 0 Å². The van der Waals surface area contributed by atoms with Crippen molar-refractivity contribution in [2.45, 2.75) is 12.7 Å². The van der Waals surface area contributed by atoms with Gasteiger partial charge in [-0.2, -0.15) is 13.2 Å². The highest BCUT2D eigenvalue weighted by Crippen LogP contribution is 2.31. The number of nitrogens with zero attached hydrogens (tertiary/aromatic N) is 6. The Morgan fingerprint density at radius 1 is 1.08 bits per heavy atom. The minimum absolute atomic E-state index is 0.0155. The summed E-state index contributed by atoms with van der Waals surface area (Å²) in [6.45, 7) is -0.0155. The second kappa shape index (κ2) is 6.06. The fraction of sp³-hybridized carbons (Fsp3) is 0.231. The van der Waals surface area contributed by atoms with E-state index in [1.807, 2.05) is 0 Å². The Morgan fingerprint density at radius 3 is 2.29 bits per heavy atom. The van der Waals surface area contributed by atoms with Crippen molar-refractivity contribution in [3.8, 4) is 11.5 Å². The maximum atomic E-state index is 13.0. The third-order valence-corrected chi connectivity index (χ3v) is 3.76. The predicted molar refractivity (Wildman–Crippen MR) is 80.6 cm³/mol. The van der Waals surface area contributed by atoms with Gasteiger partial charge in [0.05, 0.1) is 17.8 Å². The molecule has 0 N–H and O–H groups in total. The summed E-state index contributed by atoms with van der Waals surface area (Å²) in [5.41, 5.74) is -0.687. The Morgan fingerprint density at radius 2 is 1.75 bits per heavy atom. The molecule has 0 bridgehead atoms. The van der Waals surface area contributed by atoms with Crippen LogP contribution < -0.4 is 0 Å². The standard InChI is InChI=1S/C13H9Cl2F3N6/c1-23-8(4-21-12(23)15)11-22-9(13(16,17)18)5-24(11)6-10-19-2-7(14)3-20-10/h2-5H,6H2,1H3. The normalized spacial score (nSPS) is 11.9. The predicted octanol–water partition coefficient (Wildman–Crippen LogP) is 3.45. The molecule has 0 fully saturated rings. The first-order valence-corrected chi connectivity index (χ1v) is 7.29. The van der Waals surface area contributed by atoms with E-state index in [2.05, 4.69) is 19.9 Å². The molecule has 0 aromatic carbocycles. The van der Waals surface area contributed by atoms with Gasteiger partial charge in [-0.1, -0.05) is 11.6 Å². The van der Waals surface area contributed by atoms with Crippen LogP contribution in [0.2, 0.25) is 10.3 Å². The third kappa shape index (κ3) is 3.22. The zero-order chi connectivity index (χ0) is 17.5. The van der Waals surface area contributed by atoms with Gasteiger partial charge in [0, 0.05) is 25.6 Å². The molecule has 0 atom stereocenters. The molecule has 3 aromatic rings. The molecule has 0 aliphatic carbocycles. The van der Waals surface area contributed by atoms with Crippen LogP contribution >= 0.6 is 23.2 Å². The molecule has 0 amide bonds. The van der Waals surface area contributed by atoms with E-state index in [0.29, 0.717) is 16.5 Å². The van der Waals surface area contributed by atoms with E-state index < -0.39 is 11.9 Å². The van der Waals surface area contributed by atoms with E-state index in [0.717, 1.165) is 6.20 Å². The van der Waals surface area contributed by atoms with E-state index in [1.165, 1.54) is 27.7 Å². The van der Waals surface area contributed by atoms with E-state index >= 15 is 0 Å². The van der Waals surface area contributed by atoms with Gasteiger partial charge in [-0.05, 0) is 11.6 Å². The van der Waals surface area contributed by atoms with Crippen LogP contribution in [-0.2, 0) is 19.8 Å². The van der Waals surface area contributed by atoms with E-state index in [-0.39, 0.29) is 17.7 Å². The Hall–Kier alpha value is -2.13. The molecule has 0 saturated heterocycles. The van der Waals surface area contributed by atoms with Crippen molar-refractivity contribution in [2.24, 2.45) is 7.05 Å². The molecule has 3 heterocycles. The summed E-state index contributed by atoms with van der Waals surface area (Å²) >= 11 is 11.6. The SMILES string of the molecule is Cn1c(-c2nc(C(F)(F)F)cn2Cc2ncc(Cl)cn2)cnc1Cl. The highest BCUT2D eigenvalue weighted by atomic mass is 35.5.